The minimum absolute atomic E-state index is 0.168. The van der Waals surface area contributed by atoms with Crippen LogP contribution in [0.3, 0.4) is 0 Å². The lowest BCUT2D eigenvalue weighted by atomic mass is 10.1. The zero-order valence-electron chi connectivity index (χ0n) is 13.6. The summed E-state index contributed by atoms with van der Waals surface area (Å²) < 4.78 is 27.5. The number of carbonyl (C=O) groups is 1. The average Bonchev–Trinajstić information content (AvgIpc) is 2.49. The molecule has 0 bridgehead atoms. The summed E-state index contributed by atoms with van der Waals surface area (Å²) in [6.07, 6.45) is 0. The van der Waals surface area contributed by atoms with Crippen molar-refractivity contribution in [1.82, 2.24) is 4.90 Å². The topological polar surface area (TPSA) is 66.5 Å². The predicted molar refractivity (Wildman–Crippen MR) is 91.2 cm³/mol. The van der Waals surface area contributed by atoms with Crippen LogP contribution in [0.25, 0.3) is 0 Å². The molecular formula is C17H20N2O3S. The molecule has 0 aliphatic rings. The molecule has 0 saturated heterocycles. The van der Waals surface area contributed by atoms with Gasteiger partial charge in [0.1, 0.15) is 0 Å². The molecule has 6 heteroatoms. The molecule has 0 unspecified atom stereocenters. The molecule has 1 amide bonds. The van der Waals surface area contributed by atoms with Gasteiger partial charge >= 0.3 is 0 Å². The van der Waals surface area contributed by atoms with Crippen LogP contribution in [0.5, 0.6) is 0 Å². The van der Waals surface area contributed by atoms with Crippen molar-refractivity contribution < 1.29 is 13.2 Å². The first-order valence-corrected chi connectivity index (χ1v) is 8.61. The molecule has 0 aromatic heterocycles. The number of sulfonamides is 1. The van der Waals surface area contributed by atoms with Gasteiger partial charge < -0.3 is 4.90 Å². The van der Waals surface area contributed by atoms with E-state index in [1.165, 1.54) is 4.90 Å². The fraction of sp³-hybridized carbons (Fsp3) is 0.235. The summed E-state index contributed by atoms with van der Waals surface area (Å²) in [7, 11) is -0.375. The van der Waals surface area contributed by atoms with Gasteiger partial charge in [0.2, 0.25) is 0 Å². The van der Waals surface area contributed by atoms with E-state index in [9.17, 15) is 13.2 Å². The number of hydrogen-bond acceptors (Lipinski definition) is 3. The number of benzene rings is 2. The fourth-order valence-electron chi connectivity index (χ4n) is 2.14. The number of nitrogens with one attached hydrogen (secondary N) is 1. The Bertz CT molecular complexity index is 825. The summed E-state index contributed by atoms with van der Waals surface area (Å²) in [4.78, 5) is 13.8. The number of aryl methyl sites for hydroxylation is 1. The van der Waals surface area contributed by atoms with Gasteiger partial charge in [-0.15, -0.1) is 0 Å². The number of nitrogens with zero attached hydrogens (tertiary/aromatic N) is 1. The highest BCUT2D eigenvalue weighted by molar-refractivity contribution is 7.92. The van der Waals surface area contributed by atoms with E-state index in [-0.39, 0.29) is 10.8 Å². The molecule has 0 radical (unpaired) electrons. The molecule has 122 valence electrons. The summed E-state index contributed by atoms with van der Waals surface area (Å²) in [5.74, 6) is -0.168. The highest BCUT2D eigenvalue weighted by atomic mass is 32.2. The van der Waals surface area contributed by atoms with Crippen molar-refractivity contribution in [3.8, 4) is 0 Å². The minimum Gasteiger partial charge on any atom is -0.345 e. The Kier molecular flexibility index (Phi) is 4.75. The van der Waals surface area contributed by atoms with Crippen molar-refractivity contribution in [3.63, 3.8) is 0 Å². The number of anilines is 1. The van der Waals surface area contributed by atoms with Gasteiger partial charge in [0.25, 0.3) is 15.9 Å². The molecule has 1 N–H and O–H groups in total. The van der Waals surface area contributed by atoms with E-state index < -0.39 is 10.0 Å². The van der Waals surface area contributed by atoms with Gasteiger partial charge in [0.05, 0.1) is 10.6 Å². The van der Waals surface area contributed by atoms with Gasteiger partial charge in [-0.25, -0.2) is 8.42 Å². The normalized spacial score (nSPS) is 11.1. The molecule has 0 aliphatic heterocycles. The van der Waals surface area contributed by atoms with Crippen LogP contribution in [0.4, 0.5) is 5.69 Å². The first-order chi connectivity index (χ1) is 10.7. The number of carbonyl (C=O) groups excluding carboxylic acids is 1. The maximum absolute atomic E-state index is 12.5. The van der Waals surface area contributed by atoms with E-state index in [1.54, 1.807) is 63.5 Å². The van der Waals surface area contributed by atoms with Crippen LogP contribution < -0.4 is 4.72 Å². The predicted octanol–water partition coefficient (Wildman–Crippen LogP) is 2.81. The Labute approximate surface area is 137 Å². The van der Waals surface area contributed by atoms with Gasteiger partial charge in [-0.1, -0.05) is 23.8 Å². The van der Waals surface area contributed by atoms with E-state index in [4.69, 9.17) is 0 Å². The lowest BCUT2D eigenvalue weighted by Crippen LogP contribution is -2.23. The third-order valence-electron chi connectivity index (χ3n) is 3.55. The molecule has 0 fully saturated rings. The molecule has 23 heavy (non-hydrogen) atoms. The largest absolute Gasteiger partial charge is 0.345 e. The molecule has 0 heterocycles. The van der Waals surface area contributed by atoms with Crippen LogP contribution >= 0.6 is 0 Å². The molecule has 2 aromatic rings. The summed E-state index contributed by atoms with van der Waals surface area (Å²) in [5, 5.41) is 0. The zero-order valence-corrected chi connectivity index (χ0v) is 14.4. The lowest BCUT2D eigenvalue weighted by Gasteiger charge is -2.16. The van der Waals surface area contributed by atoms with Crippen molar-refractivity contribution in [2.75, 3.05) is 18.8 Å². The molecule has 0 spiro atoms. The third-order valence-corrected chi connectivity index (χ3v) is 4.93. The Morgan fingerprint density at radius 3 is 2.17 bits per heavy atom. The van der Waals surface area contributed by atoms with Gasteiger partial charge in [-0.2, -0.15) is 0 Å². The quantitative estimate of drug-likeness (QED) is 0.936. The molecule has 0 aliphatic carbocycles. The second kappa shape index (κ2) is 6.42. The first-order valence-electron chi connectivity index (χ1n) is 7.13. The molecule has 0 saturated carbocycles. The number of rotatable bonds is 4. The first kappa shape index (κ1) is 17.0. The summed E-state index contributed by atoms with van der Waals surface area (Å²) in [6, 6.07) is 11.6. The Balaban J connectivity index is 2.38. The average molecular weight is 332 g/mol. The minimum atomic E-state index is -3.69. The van der Waals surface area contributed by atoms with Crippen LogP contribution in [0.1, 0.15) is 21.5 Å². The van der Waals surface area contributed by atoms with Gasteiger partial charge in [0.15, 0.2) is 0 Å². The van der Waals surface area contributed by atoms with Gasteiger partial charge in [-0.3, -0.25) is 9.52 Å². The van der Waals surface area contributed by atoms with Crippen molar-refractivity contribution in [1.29, 1.82) is 0 Å². The van der Waals surface area contributed by atoms with Crippen LogP contribution in [0, 0.1) is 13.8 Å². The van der Waals surface area contributed by atoms with Crippen molar-refractivity contribution in [2.24, 2.45) is 0 Å². The van der Waals surface area contributed by atoms with E-state index in [1.807, 2.05) is 6.92 Å². The zero-order chi connectivity index (χ0) is 17.2. The summed E-state index contributed by atoms with van der Waals surface area (Å²) >= 11 is 0. The Hall–Kier alpha value is -2.34. The maximum atomic E-state index is 12.5. The molecule has 2 rings (SSSR count). The standard InChI is InChI=1S/C17H20N2O3S/c1-12-8-10-14(11-9-12)23(21,22)18-16-7-5-6-15(13(16)2)17(20)19(3)4/h5-11,18H,1-4H3. The smallest absolute Gasteiger partial charge is 0.261 e. The van der Waals surface area contributed by atoms with Crippen LogP contribution in [-0.2, 0) is 10.0 Å². The van der Waals surface area contributed by atoms with E-state index in [0.717, 1.165) is 5.56 Å². The monoisotopic (exact) mass is 332 g/mol. The molecular weight excluding hydrogens is 312 g/mol. The Morgan fingerprint density at radius 1 is 1.00 bits per heavy atom. The Morgan fingerprint density at radius 2 is 1.61 bits per heavy atom. The summed E-state index contributed by atoms with van der Waals surface area (Å²) in [6.45, 7) is 3.62. The maximum Gasteiger partial charge on any atom is 0.261 e. The van der Waals surface area contributed by atoms with E-state index in [2.05, 4.69) is 4.72 Å². The highest BCUT2D eigenvalue weighted by Gasteiger charge is 2.18. The van der Waals surface area contributed by atoms with Crippen molar-refractivity contribution in [2.45, 2.75) is 18.7 Å². The van der Waals surface area contributed by atoms with Crippen molar-refractivity contribution >= 4 is 21.6 Å². The molecule has 5 nitrogen and oxygen atoms in total. The van der Waals surface area contributed by atoms with Crippen LogP contribution in [-0.4, -0.2) is 33.3 Å². The van der Waals surface area contributed by atoms with Crippen molar-refractivity contribution in [3.05, 3.63) is 59.2 Å². The summed E-state index contributed by atoms with van der Waals surface area (Å²) in [5.41, 5.74) is 2.46. The van der Waals surface area contributed by atoms with Crippen LogP contribution in [0.2, 0.25) is 0 Å². The van der Waals surface area contributed by atoms with Gasteiger partial charge in [-0.05, 0) is 43.7 Å². The number of hydrogen-bond donors (Lipinski definition) is 1. The van der Waals surface area contributed by atoms with E-state index >= 15 is 0 Å². The lowest BCUT2D eigenvalue weighted by molar-refractivity contribution is 0.0827. The number of amides is 1. The molecule has 0 atom stereocenters. The molecule has 2 aromatic carbocycles. The van der Waals surface area contributed by atoms with Crippen LogP contribution in [0.15, 0.2) is 47.4 Å². The van der Waals surface area contributed by atoms with E-state index in [0.29, 0.717) is 16.8 Å². The third kappa shape index (κ3) is 3.71. The second-order valence-corrected chi connectivity index (χ2v) is 7.28. The van der Waals surface area contributed by atoms with Gasteiger partial charge in [0, 0.05) is 19.7 Å². The second-order valence-electron chi connectivity index (χ2n) is 5.60. The fourth-order valence-corrected chi connectivity index (χ4v) is 3.26. The highest BCUT2D eigenvalue weighted by Crippen LogP contribution is 2.23. The SMILES string of the molecule is Cc1ccc(S(=O)(=O)Nc2cccc(C(=O)N(C)C)c2C)cc1.